The number of carbonyl (C=O) groups is 2. The average Bonchev–Trinajstić information content (AvgIpc) is 2.41. The fraction of sp³-hybridized carbons (Fsp3) is 0.529. The van der Waals surface area contributed by atoms with Gasteiger partial charge in [-0.15, -0.1) is 0 Å². The minimum absolute atomic E-state index is 0.0881. The number of nitrogens with zero attached hydrogens (tertiary/aromatic N) is 1. The van der Waals surface area contributed by atoms with Gasteiger partial charge in [0.25, 0.3) is 0 Å². The van der Waals surface area contributed by atoms with Crippen LogP contribution in [0.4, 0.5) is 5.69 Å². The fourth-order valence-electron chi connectivity index (χ4n) is 2.70. The van der Waals surface area contributed by atoms with Gasteiger partial charge in [0.15, 0.2) is 0 Å². The summed E-state index contributed by atoms with van der Waals surface area (Å²) in [5.41, 5.74) is 1.20. The van der Waals surface area contributed by atoms with Crippen molar-refractivity contribution < 1.29 is 14.7 Å². The number of carbonyl (C=O) groups excluding carboxylic acids is 1. The van der Waals surface area contributed by atoms with Gasteiger partial charge < -0.3 is 10.0 Å². The zero-order valence-corrected chi connectivity index (χ0v) is 12.9. The molecule has 21 heavy (non-hydrogen) atoms. The van der Waals surface area contributed by atoms with Crippen LogP contribution >= 0.6 is 0 Å². The van der Waals surface area contributed by atoms with Crippen LogP contribution in [-0.2, 0) is 9.59 Å². The van der Waals surface area contributed by atoms with Gasteiger partial charge in [-0.2, -0.15) is 0 Å². The minimum atomic E-state index is -0.842. The molecule has 1 fully saturated rings. The average molecular weight is 289 g/mol. The van der Waals surface area contributed by atoms with Crippen molar-refractivity contribution >= 4 is 17.6 Å². The predicted octanol–water partition coefficient (Wildman–Crippen LogP) is 3.42. The van der Waals surface area contributed by atoms with Gasteiger partial charge in [-0.1, -0.05) is 32.4 Å². The van der Waals surface area contributed by atoms with Crippen LogP contribution in [0.1, 0.15) is 51.0 Å². The zero-order valence-electron chi connectivity index (χ0n) is 12.9. The quantitative estimate of drug-likeness (QED) is 0.903. The number of amides is 1. The minimum Gasteiger partial charge on any atom is -0.481 e. The number of aliphatic carboxylic acids is 1. The van der Waals surface area contributed by atoms with Crippen LogP contribution in [0.2, 0.25) is 0 Å². The first kappa shape index (κ1) is 15.5. The SMILES string of the molecule is CC(C)c1ccc(N(C)C(=O)CC2(C(=O)O)CCC2)cc1. The number of carboxylic acid groups (broad SMARTS) is 1. The standard InChI is InChI=1S/C17H23NO3/c1-12(2)13-5-7-14(8-6-13)18(3)15(19)11-17(16(20)21)9-4-10-17/h5-8,12H,4,9-11H2,1-3H3,(H,20,21). The highest BCUT2D eigenvalue weighted by molar-refractivity contribution is 5.96. The largest absolute Gasteiger partial charge is 0.481 e. The summed E-state index contributed by atoms with van der Waals surface area (Å²) in [7, 11) is 1.71. The molecule has 0 saturated heterocycles. The maximum atomic E-state index is 12.3. The Morgan fingerprint density at radius 1 is 1.24 bits per heavy atom. The molecule has 1 aliphatic rings. The van der Waals surface area contributed by atoms with Crippen LogP contribution in [0, 0.1) is 5.41 Å². The molecule has 4 nitrogen and oxygen atoms in total. The third-order valence-corrected chi connectivity index (χ3v) is 4.58. The number of hydrogen-bond acceptors (Lipinski definition) is 2. The summed E-state index contributed by atoms with van der Waals surface area (Å²) in [6.07, 6.45) is 2.19. The highest BCUT2D eigenvalue weighted by atomic mass is 16.4. The van der Waals surface area contributed by atoms with Crippen molar-refractivity contribution in [1.82, 2.24) is 0 Å². The van der Waals surface area contributed by atoms with Gasteiger partial charge in [-0.05, 0) is 36.5 Å². The Morgan fingerprint density at radius 2 is 1.81 bits per heavy atom. The molecule has 2 rings (SSSR count). The number of benzene rings is 1. The number of hydrogen-bond donors (Lipinski definition) is 1. The number of rotatable bonds is 5. The van der Waals surface area contributed by atoms with Gasteiger partial charge in [0.2, 0.25) is 5.91 Å². The molecule has 0 aliphatic heterocycles. The molecule has 0 radical (unpaired) electrons. The lowest BCUT2D eigenvalue weighted by molar-refractivity contribution is -0.157. The normalized spacial score (nSPS) is 16.4. The molecule has 0 heterocycles. The molecule has 4 heteroatoms. The van der Waals surface area contributed by atoms with Crippen LogP contribution in [0.5, 0.6) is 0 Å². The van der Waals surface area contributed by atoms with Crippen LogP contribution in [-0.4, -0.2) is 24.0 Å². The van der Waals surface area contributed by atoms with Crippen molar-refractivity contribution in [2.45, 2.75) is 45.4 Å². The van der Waals surface area contributed by atoms with Crippen LogP contribution in [0.25, 0.3) is 0 Å². The molecule has 1 aromatic rings. The maximum absolute atomic E-state index is 12.3. The van der Waals surface area contributed by atoms with E-state index in [9.17, 15) is 14.7 Å². The van der Waals surface area contributed by atoms with Crippen molar-refractivity contribution in [3.05, 3.63) is 29.8 Å². The van der Waals surface area contributed by atoms with Gasteiger partial charge in [-0.3, -0.25) is 9.59 Å². The third kappa shape index (κ3) is 3.09. The summed E-state index contributed by atoms with van der Waals surface area (Å²) in [5.74, 6) is -0.523. The third-order valence-electron chi connectivity index (χ3n) is 4.58. The molecule has 0 aromatic heterocycles. The van der Waals surface area contributed by atoms with E-state index in [2.05, 4.69) is 13.8 Å². The summed E-state index contributed by atoms with van der Waals surface area (Å²) < 4.78 is 0. The van der Waals surface area contributed by atoms with E-state index >= 15 is 0 Å². The van der Waals surface area contributed by atoms with Gasteiger partial charge in [-0.25, -0.2) is 0 Å². The van der Waals surface area contributed by atoms with Crippen molar-refractivity contribution in [1.29, 1.82) is 0 Å². The first-order valence-electron chi connectivity index (χ1n) is 7.46. The van der Waals surface area contributed by atoms with Gasteiger partial charge in [0, 0.05) is 19.2 Å². The Hall–Kier alpha value is -1.84. The highest BCUT2D eigenvalue weighted by Gasteiger charge is 2.46. The Balaban J connectivity index is 2.07. The molecule has 0 bridgehead atoms. The second-order valence-corrected chi connectivity index (χ2v) is 6.31. The van der Waals surface area contributed by atoms with E-state index in [1.165, 1.54) is 5.56 Å². The lowest BCUT2D eigenvalue weighted by Crippen LogP contribution is -2.43. The molecule has 1 aliphatic carbocycles. The van der Waals surface area contributed by atoms with Gasteiger partial charge in [0.1, 0.15) is 0 Å². The zero-order chi connectivity index (χ0) is 15.6. The van der Waals surface area contributed by atoms with E-state index < -0.39 is 11.4 Å². The molecule has 0 spiro atoms. The van der Waals surface area contributed by atoms with Crippen molar-refractivity contribution in [2.24, 2.45) is 5.41 Å². The van der Waals surface area contributed by atoms with E-state index in [4.69, 9.17) is 0 Å². The fourth-order valence-corrected chi connectivity index (χ4v) is 2.70. The van der Waals surface area contributed by atoms with Crippen molar-refractivity contribution in [3.8, 4) is 0 Å². The molecule has 0 atom stereocenters. The van der Waals surface area contributed by atoms with E-state index in [0.29, 0.717) is 18.8 Å². The van der Waals surface area contributed by atoms with E-state index in [-0.39, 0.29) is 12.3 Å². The Bertz CT molecular complexity index is 529. The smallest absolute Gasteiger partial charge is 0.310 e. The molecular weight excluding hydrogens is 266 g/mol. The van der Waals surface area contributed by atoms with Gasteiger partial charge >= 0.3 is 5.97 Å². The summed E-state index contributed by atoms with van der Waals surface area (Å²) >= 11 is 0. The molecular formula is C17H23NO3. The molecule has 1 N–H and O–H groups in total. The predicted molar refractivity (Wildman–Crippen MR) is 82.5 cm³/mol. The molecule has 0 unspecified atom stereocenters. The summed E-state index contributed by atoms with van der Waals surface area (Å²) in [6, 6.07) is 7.86. The van der Waals surface area contributed by atoms with Crippen LogP contribution in [0.3, 0.4) is 0 Å². The summed E-state index contributed by atoms with van der Waals surface area (Å²) in [6.45, 7) is 4.24. The first-order chi connectivity index (χ1) is 9.85. The Kier molecular flexibility index (Phi) is 4.35. The Morgan fingerprint density at radius 3 is 2.19 bits per heavy atom. The lowest BCUT2D eigenvalue weighted by atomic mass is 9.66. The van der Waals surface area contributed by atoms with E-state index in [1.807, 2.05) is 24.3 Å². The number of carboxylic acids is 1. The Labute approximate surface area is 125 Å². The molecule has 1 saturated carbocycles. The topological polar surface area (TPSA) is 57.6 Å². The van der Waals surface area contributed by atoms with Crippen LogP contribution in [0.15, 0.2) is 24.3 Å². The summed E-state index contributed by atoms with van der Waals surface area (Å²) in [4.78, 5) is 25.2. The van der Waals surface area contributed by atoms with E-state index in [1.54, 1.807) is 11.9 Å². The molecule has 1 aromatic carbocycles. The lowest BCUT2D eigenvalue weighted by Gasteiger charge is -2.38. The highest BCUT2D eigenvalue weighted by Crippen LogP contribution is 2.44. The van der Waals surface area contributed by atoms with Crippen molar-refractivity contribution in [2.75, 3.05) is 11.9 Å². The van der Waals surface area contributed by atoms with Gasteiger partial charge in [0.05, 0.1) is 5.41 Å². The second kappa shape index (κ2) is 5.88. The molecule has 114 valence electrons. The van der Waals surface area contributed by atoms with E-state index in [0.717, 1.165) is 12.1 Å². The molecule has 1 amide bonds. The second-order valence-electron chi connectivity index (χ2n) is 6.31. The number of anilines is 1. The monoisotopic (exact) mass is 289 g/mol. The summed E-state index contributed by atoms with van der Waals surface area (Å²) in [5, 5.41) is 9.31. The first-order valence-corrected chi connectivity index (χ1v) is 7.46. The van der Waals surface area contributed by atoms with Crippen LogP contribution < -0.4 is 4.90 Å². The van der Waals surface area contributed by atoms with Crippen molar-refractivity contribution in [3.63, 3.8) is 0 Å². The maximum Gasteiger partial charge on any atom is 0.310 e.